The van der Waals surface area contributed by atoms with E-state index in [4.69, 9.17) is 14.6 Å². The summed E-state index contributed by atoms with van der Waals surface area (Å²) in [6.45, 7) is 2.41. The van der Waals surface area contributed by atoms with Crippen molar-refractivity contribution in [2.24, 2.45) is 0 Å². The van der Waals surface area contributed by atoms with Crippen molar-refractivity contribution in [3.05, 3.63) is 24.3 Å². The molecule has 0 aromatic heterocycles. The van der Waals surface area contributed by atoms with Crippen molar-refractivity contribution in [3.8, 4) is 5.75 Å². The highest BCUT2D eigenvalue weighted by Crippen LogP contribution is 2.33. The molecule has 0 bridgehead atoms. The Balaban J connectivity index is 1.72. The van der Waals surface area contributed by atoms with Crippen LogP contribution < -0.4 is 9.64 Å². The number of hydrogen-bond donors (Lipinski definition) is 1. The standard InChI is InChI=1S/C17H20N2O6/c1-11-17(23)19(13-4-2-3-5-14(13)25-11)10-15(20)18-6-7-24-12(9-18)8-16(21)22/h2-5,11-12H,6-10H2,1H3,(H,21,22)/t11-,12+/m1/s1. The summed E-state index contributed by atoms with van der Waals surface area (Å²) in [5.41, 5.74) is 0.564. The SMILES string of the molecule is C[C@H]1Oc2ccccc2N(CC(=O)N2CCO[C@@H](CC(=O)O)C2)C1=O. The van der Waals surface area contributed by atoms with E-state index in [1.165, 1.54) is 4.90 Å². The molecule has 2 atom stereocenters. The minimum absolute atomic E-state index is 0.108. The molecule has 1 aromatic rings. The van der Waals surface area contributed by atoms with E-state index in [9.17, 15) is 14.4 Å². The summed E-state index contributed by atoms with van der Waals surface area (Å²) in [6.07, 6.45) is -1.34. The lowest BCUT2D eigenvalue weighted by atomic mass is 10.1. The monoisotopic (exact) mass is 348 g/mol. The molecule has 0 aliphatic carbocycles. The molecule has 1 fully saturated rings. The normalized spacial score (nSPS) is 23.0. The first kappa shape index (κ1) is 17.2. The first-order valence-corrected chi connectivity index (χ1v) is 8.14. The Kier molecular flexibility index (Phi) is 4.89. The van der Waals surface area contributed by atoms with Crippen LogP contribution in [0.25, 0.3) is 0 Å². The minimum Gasteiger partial charge on any atom is -0.481 e. The number of carboxylic acids is 1. The van der Waals surface area contributed by atoms with E-state index in [-0.39, 0.29) is 37.9 Å². The molecule has 2 amide bonds. The molecule has 134 valence electrons. The molecule has 0 spiro atoms. The molecule has 0 unspecified atom stereocenters. The minimum atomic E-state index is -0.967. The lowest BCUT2D eigenvalue weighted by Gasteiger charge is -2.36. The second kappa shape index (κ2) is 7.10. The van der Waals surface area contributed by atoms with Gasteiger partial charge in [0.2, 0.25) is 5.91 Å². The Morgan fingerprint density at radius 2 is 2.08 bits per heavy atom. The van der Waals surface area contributed by atoms with Gasteiger partial charge < -0.3 is 19.5 Å². The molecule has 2 aliphatic heterocycles. The number of hydrogen-bond acceptors (Lipinski definition) is 5. The number of fused-ring (bicyclic) bond motifs is 1. The van der Waals surface area contributed by atoms with Crippen molar-refractivity contribution in [1.29, 1.82) is 0 Å². The third kappa shape index (κ3) is 3.74. The molecule has 8 nitrogen and oxygen atoms in total. The van der Waals surface area contributed by atoms with Crippen molar-refractivity contribution in [2.75, 3.05) is 31.1 Å². The van der Waals surface area contributed by atoms with E-state index in [1.807, 2.05) is 0 Å². The molecular formula is C17H20N2O6. The van der Waals surface area contributed by atoms with Gasteiger partial charge in [0, 0.05) is 13.1 Å². The van der Waals surface area contributed by atoms with Crippen LogP contribution in [0.1, 0.15) is 13.3 Å². The second-order valence-corrected chi connectivity index (χ2v) is 6.08. The van der Waals surface area contributed by atoms with Gasteiger partial charge in [0.15, 0.2) is 6.10 Å². The zero-order chi connectivity index (χ0) is 18.0. The number of rotatable bonds is 4. The van der Waals surface area contributed by atoms with Crippen LogP contribution in [0.5, 0.6) is 5.75 Å². The molecule has 0 saturated carbocycles. The predicted octanol–water partition coefficient (Wildman–Crippen LogP) is 0.503. The number of ether oxygens (including phenoxy) is 2. The zero-order valence-electron chi connectivity index (χ0n) is 13.9. The van der Waals surface area contributed by atoms with Gasteiger partial charge >= 0.3 is 5.97 Å². The summed E-state index contributed by atoms with van der Waals surface area (Å²) in [5.74, 6) is -0.920. The second-order valence-electron chi connectivity index (χ2n) is 6.08. The Morgan fingerprint density at radius 3 is 2.84 bits per heavy atom. The molecule has 1 saturated heterocycles. The number of amides is 2. The van der Waals surface area contributed by atoms with E-state index < -0.39 is 18.2 Å². The molecule has 0 radical (unpaired) electrons. The highest BCUT2D eigenvalue weighted by atomic mass is 16.5. The zero-order valence-corrected chi connectivity index (χ0v) is 13.9. The smallest absolute Gasteiger partial charge is 0.306 e. The molecular weight excluding hydrogens is 328 g/mol. The maximum absolute atomic E-state index is 12.6. The Morgan fingerprint density at radius 1 is 1.32 bits per heavy atom. The van der Waals surface area contributed by atoms with Gasteiger partial charge in [-0.15, -0.1) is 0 Å². The third-order valence-corrected chi connectivity index (χ3v) is 4.26. The molecule has 1 aromatic carbocycles. The lowest BCUT2D eigenvalue weighted by molar-refractivity contribution is -0.147. The maximum atomic E-state index is 12.6. The maximum Gasteiger partial charge on any atom is 0.306 e. The summed E-state index contributed by atoms with van der Waals surface area (Å²) in [7, 11) is 0. The van der Waals surface area contributed by atoms with E-state index in [0.717, 1.165) is 0 Å². The van der Waals surface area contributed by atoms with Crippen LogP contribution >= 0.6 is 0 Å². The summed E-state index contributed by atoms with van der Waals surface area (Å²) in [4.78, 5) is 38.9. The fraction of sp³-hybridized carbons (Fsp3) is 0.471. The predicted molar refractivity (Wildman–Crippen MR) is 87.5 cm³/mol. The highest BCUT2D eigenvalue weighted by molar-refractivity contribution is 6.03. The van der Waals surface area contributed by atoms with Gasteiger partial charge in [0.25, 0.3) is 5.91 Å². The van der Waals surface area contributed by atoms with Crippen molar-refractivity contribution >= 4 is 23.5 Å². The molecule has 1 N–H and O–H groups in total. The third-order valence-electron chi connectivity index (χ3n) is 4.26. The van der Waals surface area contributed by atoms with E-state index in [1.54, 1.807) is 36.1 Å². The van der Waals surface area contributed by atoms with Crippen LogP contribution in [-0.2, 0) is 19.1 Å². The molecule has 3 rings (SSSR count). The number of para-hydroxylation sites is 2. The largest absolute Gasteiger partial charge is 0.481 e. The Bertz CT molecular complexity index is 691. The van der Waals surface area contributed by atoms with Crippen LogP contribution in [0, 0.1) is 0 Å². The van der Waals surface area contributed by atoms with Crippen LogP contribution in [0.15, 0.2) is 24.3 Å². The van der Waals surface area contributed by atoms with Crippen molar-refractivity contribution in [1.82, 2.24) is 4.90 Å². The quantitative estimate of drug-likeness (QED) is 0.851. The van der Waals surface area contributed by atoms with Crippen LogP contribution in [-0.4, -0.2) is 66.2 Å². The van der Waals surface area contributed by atoms with Gasteiger partial charge in [0.1, 0.15) is 12.3 Å². The number of nitrogens with zero attached hydrogens (tertiary/aromatic N) is 2. The van der Waals surface area contributed by atoms with Crippen molar-refractivity contribution < 1.29 is 29.0 Å². The van der Waals surface area contributed by atoms with E-state index >= 15 is 0 Å². The van der Waals surface area contributed by atoms with Crippen molar-refractivity contribution in [3.63, 3.8) is 0 Å². The molecule has 25 heavy (non-hydrogen) atoms. The Hall–Kier alpha value is -2.61. The Labute approximate surface area is 144 Å². The summed E-state index contributed by atoms with van der Waals surface area (Å²) < 4.78 is 10.9. The fourth-order valence-electron chi connectivity index (χ4n) is 3.02. The van der Waals surface area contributed by atoms with E-state index in [2.05, 4.69) is 0 Å². The number of carboxylic acid groups (broad SMARTS) is 1. The summed E-state index contributed by atoms with van der Waals surface area (Å²) in [5, 5.41) is 8.87. The van der Waals surface area contributed by atoms with Crippen LogP contribution in [0.2, 0.25) is 0 Å². The first-order valence-electron chi connectivity index (χ1n) is 8.14. The fourth-order valence-corrected chi connectivity index (χ4v) is 3.02. The number of carbonyl (C=O) groups is 3. The van der Waals surface area contributed by atoms with Gasteiger partial charge in [0.05, 0.1) is 24.8 Å². The lowest BCUT2D eigenvalue weighted by Crippen LogP contribution is -2.53. The van der Waals surface area contributed by atoms with Crippen LogP contribution in [0.3, 0.4) is 0 Å². The molecule has 2 aliphatic rings. The van der Waals surface area contributed by atoms with Gasteiger partial charge in [-0.3, -0.25) is 19.3 Å². The van der Waals surface area contributed by atoms with Gasteiger partial charge in [-0.25, -0.2) is 0 Å². The van der Waals surface area contributed by atoms with Crippen LogP contribution in [0.4, 0.5) is 5.69 Å². The number of benzene rings is 1. The van der Waals surface area contributed by atoms with Crippen molar-refractivity contribution in [2.45, 2.75) is 25.6 Å². The number of carbonyl (C=O) groups excluding carboxylic acids is 2. The molecule has 2 heterocycles. The van der Waals surface area contributed by atoms with Gasteiger partial charge in [-0.1, -0.05) is 12.1 Å². The first-order chi connectivity index (χ1) is 12.0. The topological polar surface area (TPSA) is 96.4 Å². The summed E-state index contributed by atoms with van der Waals surface area (Å²) in [6, 6.07) is 7.08. The summed E-state index contributed by atoms with van der Waals surface area (Å²) >= 11 is 0. The van der Waals surface area contributed by atoms with E-state index in [0.29, 0.717) is 18.0 Å². The number of aliphatic carboxylic acids is 1. The average Bonchev–Trinajstić information content (AvgIpc) is 2.58. The number of anilines is 1. The molecule has 8 heteroatoms. The average molecular weight is 348 g/mol. The number of morpholine rings is 1. The highest BCUT2D eigenvalue weighted by Gasteiger charge is 2.34. The van der Waals surface area contributed by atoms with Gasteiger partial charge in [-0.05, 0) is 19.1 Å². The van der Waals surface area contributed by atoms with Gasteiger partial charge in [-0.2, -0.15) is 0 Å².